The van der Waals surface area contributed by atoms with E-state index < -0.39 is 28.5 Å². The maximum absolute atomic E-state index is 12.2. The second kappa shape index (κ2) is 11.5. The van der Waals surface area contributed by atoms with E-state index in [1.54, 1.807) is 19.1 Å². The van der Waals surface area contributed by atoms with Crippen LogP contribution in [0.2, 0.25) is 0 Å². The molecule has 0 fully saturated rings. The molecule has 10 heteroatoms. The van der Waals surface area contributed by atoms with E-state index in [1.807, 2.05) is 6.92 Å². The van der Waals surface area contributed by atoms with Crippen LogP contribution in [0.5, 0.6) is 5.75 Å². The monoisotopic (exact) mass is 402 g/mol. The molecule has 9 nitrogen and oxygen atoms in total. The maximum Gasteiger partial charge on any atom is 0.307 e. The first-order valence-electron chi connectivity index (χ1n) is 8.45. The fourth-order valence-electron chi connectivity index (χ4n) is 2.08. The van der Waals surface area contributed by atoms with Gasteiger partial charge in [0.05, 0.1) is 24.5 Å². The minimum atomic E-state index is -3.75. The highest BCUT2D eigenvalue weighted by Gasteiger charge is 2.15. The van der Waals surface area contributed by atoms with Crippen LogP contribution < -0.4 is 14.8 Å². The second-order valence-electron chi connectivity index (χ2n) is 5.64. The van der Waals surface area contributed by atoms with E-state index in [-0.39, 0.29) is 23.9 Å². The van der Waals surface area contributed by atoms with E-state index in [9.17, 15) is 18.0 Å². The number of carbonyl (C=O) groups excluding carboxylic acids is 2. The topological polar surface area (TPSA) is 120 Å². The summed E-state index contributed by atoms with van der Waals surface area (Å²) in [5, 5.41) is 2.59. The lowest BCUT2D eigenvalue weighted by Crippen LogP contribution is -2.38. The van der Waals surface area contributed by atoms with E-state index in [2.05, 4.69) is 10.0 Å². The molecule has 2 N–H and O–H groups in total. The van der Waals surface area contributed by atoms with Gasteiger partial charge in [-0.05, 0) is 38.1 Å². The Morgan fingerprint density at radius 2 is 1.85 bits per heavy atom. The normalized spacial score (nSPS) is 12.3. The first-order chi connectivity index (χ1) is 12.8. The van der Waals surface area contributed by atoms with Crippen LogP contribution in [0.3, 0.4) is 0 Å². The molecule has 0 heterocycles. The van der Waals surface area contributed by atoms with Crippen LogP contribution >= 0.6 is 0 Å². The van der Waals surface area contributed by atoms with Crippen molar-refractivity contribution < 1.29 is 32.2 Å². The summed E-state index contributed by atoms with van der Waals surface area (Å²) < 4.78 is 41.5. The largest absolute Gasteiger partial charge is 0.494 e. The van der Waals surface area contributed by atoms with Gasteiger partial charge in [0.1, 0.15) is 5.75 Å². The lowest BCUT2D eigenvalue weighted by molar-refractivity contribution is -0.148. The maximum atomic E-state index is 12.2. The van der Waals surface area contributed by atoms with E-state index in [0.29, 0.717) is 19.0 Å². The van der Waals surface area contributed by atoms with E-state index in [1.165, 1.54) is 19.2 Å². The smallest absolute Gasteiger partial charge is 0.307 e. The molecule has 0 radical (unpaired) electrons. The third kappa shape index (κ3) is 8.85. The lowest BCUT2D eigenvalue weighted by atomic mass is 10.3. The van der Waals surface area contributed by atoms with Crippen molar-refractivity contribution in [2.45, 2.75) is 31.2 Å². The molecule has 1 rings (SSSR count). The van der Waals surface area contributed by atoms with Gasteiger partial charge in [-0.3, -0.25) is 9.59 Å². The molecule has 1 unspecified atom stereocenters. The fourth-order valence-corrected chi connectivity index (χ4v) is 3.11. The van der Waals surface area contributed by atoms with Crippen molar-refractivity contribution in [3.63, 3.8) is 0 Å². The Hall–Kier alpha value is -2.17. The van der Waals surface area contributed by atoms with Gasteiger partial charge in [-0.15, -0.1) is 0 Å². The summed E-state index contributed by atoms with van der Waals surface area (Å²) in [6.45, 7) is 3.82. The van der Waals surface area contributed by atoms with Crippen LogP contribution in [-0.4, -0.2) is 59.8 Å². The molecule has 1 aromatic carbocycles. The number of hydrogen-bond acceptors (Lipinski definition) is 7. The minimum absolute atomic E-state index is 0.0610. The van der Waals surface area contributed by atoms with Crippen LogP contribution in [0.1, 0.15) is 20.3 Å². The van der Waals surface area contributed by atoms with Gasteiger partial charge in [0.15, 0.2) is 6.61 Å². The molecule has 0 aromatic heterocycles. The predicted octanol–water partition coefficient (Wildman–Crippen LogP) is 0.448. The summed E-state index contributed by atoms with van der Waals surface area (Å²) in [4.78, 5) is 23.2. The van der Waals surface area contributed by atoms with Crippen LogP contribution in [-0.2, 0) is 29.1 Å². The van der Waals surface area contributed by atoms with Crippen LogP contribution in [0, 0.1) is 0 Å². The average Bonchev–Trinajstić information content (AvgIpc) is 2.61. The summed E-state index contributed by atoms with van der Waals surface area (Å²) in [6, 6.07) is 5.72. The van der Waals surface area contributed by atoms with Crippen molar-refractivity contribution in [3.8, 4) is 5.75 Å². The highest BCUT2D eigenvalue weighted by molar-refractivity contribution is 7.89. The molecule has 1 amide bonds. The third-order valence-electron chi connectivity index (χ3n) is 3.25. The van der Waals surface area contributed by atoms with E-state index in [0.717, 1.165) is 0 Å². The Morgan fingerprint density at radius 1 is 1.19 bits per heavy atom. The van der Waals surface area contributed by atoms with Crippen LogP contribution in [0.15, 0.2) is 29.2 Å². The van der Waals surface area contributed by atoms with Crippen molar-refractivity contribution in [3.05, 3.63) is 24.3 Å². The number of carbonyl (C=O) groups is 2. The minimum Gasteiger partial charge on any atom is -0.494 e. The first-order valence-corrected chi connectivity index (χ1v) is 9.93. The fraction of sp³-hybridized carbons (Fsp3) is 0.529. The Balaban J connectivity index is 2.36. The Bertz CT molecular complexity index is 704. The molecule has 0 aliphatic heterocycles. The molecule has 1 atom stereocenters. The van der Waals surface area contributed by atoms with Gasteiger partial charge in [0.2, 0.25) is 10.0 Å². The number of esters is 1. The zero-order valence-electron chi connectivity index (χ0n) is 15.7. The Morgan fingerprint density at radius 3 is 2.44 bits per heavy atom. The van der Waals surface area contributed by atoms with Crippen molar-refractivity contribution >= 4 is 21.9 Å². The van der Waals surface area contributed by atoms with Crippen LogP contribution in [0.4, 0.5) is 0 Å². The number of methoxy groups -OCH3 is 1. The summed E-state index contributed by atoms with van der Waals surface area (Å²) in [5.74, 6) is -0.570. The van der Waals surface area contributed by atoms with Gasteiger partial charge in [0, 0.05) is 19.7 Å². The van der Waals surface area contributed by atoms with Crippen molar-refractivity contribution in [1.29, 1.82) is 0 Å². The standard InChI is InChI=1S/C17H26N2O7S/c1-4-25-14-5-7-15(8-6-14)27(22,23)18-10-9-17(21)26-12-16(20)19-13(2)11-24-3/h5-8,13,18H,4,9-12H2,1-3H3,(H,19,20). The second-order valence-corrected chi connectivity index (χ2v) is 7.40. The molecule has 0 aliphatic rings. The number of hydrogen-bond donors (Lipinski definition) is 2. The van der Waals surface area contributed by atoms with Gasteiger partial charge in [-0.1, -0.05) is 0 Å². The number of nitrogens with one attached hydrogen (secondary N) is 2. The lowest BCUT2D eigenvalue weighted by Gasteiger charge is -2.12. The number of sulfonamides is 1. The molecule has 0 spiro atoms. The SMILES string of the molecule is CCOc1ccc(S(=O)(=O)NCCC(=O)OCC(=O)NC(C)COC)cc1. The first kappa shape index (κ1) is 22.9. The summed E-state index contributed by atoms with van der Waals surface area (Å²) in [6.07, 6.45) is -0.197. The van der Waals surface area contributed by atoms with Gasteiger partial charge >= 0.3 is 5.97 Å². The van der Waals surface area contributed by atoms with Crippen molar-refractivity contribution in [2.75, 3.05) is 33.5 Å². The Kier molecular flexibility index (Phi) is 9.76. The molecule has 1 aromatic rings. The molecule has 0 aliphatic carbocycles. The number of rotatable bonds is 12. The number of ether oxygens (including phenoxy) is 3. The van der Waals surface area contributed by atoms with Crippen molar-refractivity contribution in [2.24, 2.45) is 0 Å². The van der Waals surface area contributed by atoms with Gasteiger partial charge in [-0.2, -0.15) is 0 Å². The third-order valence-corrected chi connectivity index (χ3v) is 4.73. The highest BCUT2D eigenvalue weighted by Crippen LogP contribution is 2.15. The molecule has 0 saturated heterocycles. The number of benzene rings is 1. The zero-order chi connectivity index (χ0) is 20.3. The molecule has 152 valence electrons. The Labute approximate surface area is 159 Å². The molecule has 27 heavy (non-hydrogen) atoms. The predicted molar refractivity (Wildman–Crippen MR) is 97.9 cm³/mol. The van der Waals surface area contributed by atoms with E-state index in [4.69, 9.17) is 14.2 Å². The van der Waals surface area contributed by atoms with E-state index >= 15 is 0 Å². The molecular formula is C17H26N2O7S. The van der Waals surface area contributed by atoms with Crippen LogP contribution in [0.25, 0.3) is 0 Å². The van der Waals surface area contributed by atoms with Gasteiger partial charge < -0.3 is 19.5 Å². The molecular weight excluding hydrogens is 376 g/mol. The average molecular weight is 402 g/mol. The molecule has 0 saturated carbocycles. The highest BCUT2D eigenvalue weighted by atomic mass is 32.2. The quantitative estimate of drug-likeness (QED) is 0.487. The molecule has 0 bridgehead atoms. The summed E-state index contributed by atoms with van der Waals surface area (Å²) in [5.41, 5.74) is 0. The van der Waals surface area contributed by atoms with Gasteiger partial charge in [0.25, 0.3) is 5.91 Å². The number of amides is 1. The van der Waals surface area contributed by atoms with Gasteiger partial charge in [-0.25, -0.2) is 13.1 Å². The summed E-state index contributed by atoms with van der Waals surface area (Å²) in [7, 11) is -2.24. The summed E-state index contributed by atoms with van der Waals surface area (Å²) >= 11 is 0. The zero-order valence-corrected chi connectivity index (χ0v) is 16.5. The van der Waals surface area contributed by atoms with Crippen molar-refractivity contribution in [1.82, 2.24) is 10.0 Å².